The Morgan fingerprint density at radius 3 is 2.32 bits per heavy atom. The highest BCUT2D eigenvalue weighted by Gasteiger charge is 2.40. The van der Waals surface area contributed by atoms with Crippen molar-refractivity contribution in [3.8, 4) is 6.07 Å². The molecule has 0 bridgehead atoms. The highest BCUT2D eigenvalue weighted by molar-refractivity contribution is 5.86. The van der Waals surface area contributed by atoms with Crippen LogP contribution in [0.4, 0.5) is 0 Å². The highest BCUT2D eigenvalue weighted by atomic mass is 16.2. The van der Waals surface area contributed by atoms with Gasteiger partial charge in [0.25, 0.3) is 0 Å². The molecular formula is C14H23N3O2. The van der Waals surface area contributed by atoms with E-state index in [4.69, 9.17) is 0 Å². The van der Waals surface area contributed by atoms with Gasteiger partial charge < -0.3 is 10.2 Å². The first kappa shape index (κ1) is 15.5. The molecule has 5 nitrogen and oxygen atoms in total. The monoisotopic (exact) mass is 265 g/mol. The van der Waals surface area contributed by atoms with E-state index in [2.05, 4.69) is 11.4 Å². The van der Waals surface area contributed by atoms with Gasteiger partial charge >= 0.3 is 0 Å². The first-order valence-corrected chi connectivity index (χ1v) is 6.93. The minimum Gasteiger partial charge on any atom is -0.359 e. The summed E-state index contributed by atoms with van der Waals surface area (Å²) >= 11 is 0. The zero-order valence-electron chi connectivity index (χ0n) is 11.9. The van der Waals surface area contributed by atoms with Crippen LogP contribution in [0.1, 0.15) is 44.9 Å². The van der Waals surface area contributed by atoms with Gasteiger partial charge in [-0.25, -0.2) is 0 Å². The molecule has 0 unspecified atom stereocenters. The molecule has 1 N–H and O–H groups in total. The van der Waals surface area contributed by atoms with Crippen LogP contribution in [0.3, 0.4) is 0 Å². The van der Waals surface area contributed by atoms with E-state index in [1.807, 2.05) is 0 Å². The van der Waals surface area contributed by atoms with Gasteiger partial charge in [-0.3, -0.25) is 9.59 Å². The molecule has 1 aliphatic rings. The predicted molar refractivity (Wildman–Crippen MR) is 72.1 cm³/mol. The molecule has 0 aliphatic heterocycles. The summed E-state index contributed by atoms with van der Waals surface area (Å²) in [5.74, 6) is -0.215. The van der Waals surface area contributed by atoms with Crippen LogP contribution in [0.25, 0.3) is 0 Å². The van der Waals surface area contributed by atoms with E-state index >= 15 is 0 Å². The molecule has 0 aromatic carbocycles. The molecule has 0 aromatic rings. The lowest BCUT2D eigenvalue weighted by Crippen LogP contribution is -2.42. The van der Waals surface area contributed by atoms with Crippen molar-refractivity contribution < 1.29 is 9.59 Å². The molecule has 0 aromatic heterocycles. The second kappa shape index (κ2) is 7.13. The summed E-state index contributed by atoms with van der Waals surface area (Å²) in [4.78, 5) is 25.2. The summed E-state index contributed by atoms with van der Waals surface area (Å²) in [5.41, 5.74) is -0.867. The summed E-state index contributed by atoms with van der Waals surface area (Å²) in [7, 11) is 3.25. The van der Waals surface area contributed by atoms with Crippen LogP contribution in [-0.4, -0.2) is 37.4 Å². The molecule has 106 valence electrons. The van der Waals surface area contributed by atoms with E-state index in [1.54, 1.807) is 14.1 Å². The third-order valence-corrected chi connectivity index (χ3v) is 3.88. The molecule has 1 aliphatic carbocycles. The number of carbonyl (C=O) groups excluding carboxylic acids is 2. The fourth-order valence-corrected chi connectivity index (χ4v) is 2.57. The zero-order valence-corrected chi connectivity index (χ0v) is 11.9. The molecule has 1 saturated carbocycles. The Kier molecular flexibility index (Phi) is 5.81. The van der Waals surface area contributed by atoms with Gasteiger partial charge in [-0.05, 0) is 12.8 Å². The minimum absolute atomic E-state index is 0.0912. The predicted octanol–water partition coefficient (Wildman–Crippen LogP) is 1.45. The molecule has 5 heteroatoms. The molecule has 1 rings (SSSR count). The van der Waals surface area contributed by atoms with E-state index in [0.29, 0.717) is 19.4 Å². The van der Waals surface area contributed by atoms with E-state index < -0.39 is 5.41 Å². The molecule has 0 heterocycles. The van der Waals surface area contributed by atoms with Crippen molar-refractivity contribution in [2.24, 2.45) is 5.41 Å². The molecule has 0 atom stereocenters. The van der Waals surface area contributed by atoms with E-state index in [1.165, 1.54) is 4.90 Å². The smallest absolute Gasteiger partial charge is 0.242 e. The SMILES string of the molecule is CNC(=O)CCN(C)C(=O)C1(C#N)CCCCCC1. The van der Waals surface area contributed by atoms with Crippen molar-refractivity contribution >= 4 is 11.8 Å². The molecule has 0 radical (unpaired) electrons. The van der Waals surface area contributed by atoms with E-state index in [9.17, 15) is 14.9 Å². The maximum Gasteiger partial charge on any atom is 0.242 e. The molecular weight excluding hydrogens is 242 g/mol. The topological polar surface area (TPSA) is 73.2 Å². The van der Waals surface area contributed by atoms with Gasteiger partial charge in [-0.15, -0.1) is 0 Å². The number of carbonyl (C=O) groups is 2. The first-order chi connectivity index (χ1) is 9.05. The lowest BCUT2D eigenvalue weighted by molar-refractivity contribution is -0.138. The first-order valence-electron chi connectivity index (χ1n) is 6.93. The van der Waals surface area contributed by atoms with Crippen molar-refractivity contribution in [3.05, 3.63) is 0 Å². The van der Waals surface area contributed by atoms with Gasteiger partial charge in [0.2, 0.25) is 11.8 Å². The average molecular weight is 265 g/mol. The quantitative estimate of drug-likeness (QED) is 0.782. The van der Waals surface area contributed by atoms with Gasteiger partial charge in [0.05, 0.1) is 6.07 Å². The van der Waals surface area contributed by atoms with Crippen LogP contribution in [-0.2, 0) is 9.59 Å². The molecule has 0 spiro atoms. The standard InChI is InChI=1S/C14H23N3O2/c1-16-12(18)7-10-17(2)13(19)14(11-15)8-5-3-4-6-9-14/h3-10H2,1-2H3,(H,16,18). The molecule has 19 heavy (non-hydrogen) atoms. The van der Waals surface area contributed by atoms with Crippen LogP contribution in [0.5, 0.6) is 0 Å². The normalized spacial score (nSPS) is 17.9. The largest absolute Gasteiger partial charge is 0.359 e. The lowest BCUT2D eigenvalue weighted by atomic mass is 9.80. The van der Waals surface area contributed by atoms with Crippen LogP contribution >= 0.6 is 0 Å². The minimum atomic E-state index is -0.867. The van der Waals surface area contributed by atoms with Crippen molar-refractivity contribution in [2.75, 3.05) is 20.6 Å². The molecule has 1 fully saturated rings. The van der Waals surface area contributed by atoms with Crippen LogP contribution in [0.2, 0.25) is 0 Å². The van der Waals surface area contributed by atoms with Crippen molar-refractivity contribution in [2.45, 2.75) is 44.9 Å². The van der Waals surface area contributed by atoms with Gasteiger partial charge in [-0.1, -0.05) is 25.7 Å². The van der Waals surface area contributed by atoms with E-state index in [-0.39, 0.29) is 18.2 Å². The number of amides is 2. The van der Waals surface area contributed by atoms with Gasteiger partial charge in [0.15, 0.2) is 0 Å². The Balaban J connectivity index is 2.66. The van der Waals surface area contributed by atoms with Crippen LogP contribution < -0.4 is 5.32 Å². The Morgan fingerprint density at radius 2 is 1.84 bits per heavy atom. The number of rotatable bonds is 4. The van der Waals surface area contributed by atoms with Gasteiger partial charge in [-0.2, -0.15) is 5.26 Å². The number of nitrogens with one attached hydrogen (secondary N) is 1. The average Bonchev–Trinajstić information content (AvgIpc) is 2.69. The zero-order chi connectivity index (χ0) is 14.3. The third kappa shape index (κ3) is 3.95. The number of hydrogen-bond donors (Lipinski definition) is 1. The van der Waals surface area contributed by atoms with Gasteiger partial charge in [0, 0.05) is 27.1 Å². The van der Waals surface area contributed by atoms with Gasteiger partial charge in [0.1, 0.15) is 5.41 Å². The van der Waals surface area contributed by atoms with Crippen LogP contribution in [0, 0.1) is 16.7 Å². The summed E-state index contributed by atoms with van der Waals surface area (Å²) in [6.07, 6.45) is 5.63. The summed E-state index contributed by atoms with van der Waals surface area (Å²) in [5, 5.41) is 12.0. The van der Waals surface area contributed by atoms with E-state index in [0.717, 1.165) is 25.7 Å². The lowest BCUT2D eigenvalue weighted by Gasteiger charge is -2.29. The Labute approximate surface area is 115 Å². The highest BCUT2D eigenvalue weighted by Crippen LogP contribution is 2.36. The van der Waals surface area contributed by atoms with Crippen molar-refractivity contribution in [1.82, 2.24) is 10.2 Å². The summed E-state index contributed by atoms with van der Waals surface area (Å²) in [6.45, 7) is 0.363. The number of hydrogen-bond acceptors (Lipinski definition) is 3. The third-order valence-electron chi connectivity index (χ3n) is 3.88. The van der Waals surface area contributed by atoms with Crippen molar-refractivity contribution in [3.63, 3.8) is 0 Å². The van der Waals surface area contributed by atoms with Crippen LogP contribution in [0.15, 0.2) is 0 Å². The second-order valence-corrected chi connectivity index (χ2v) is 5.26. The number of nitriles is 1. The summed E-state index contributed by atoms with van der Waals surface area (Å²) in [6, 6.07) is 2.25. The fraction of sp³-hybridized carbons (Fsp3) is 0.786. The maximum atomic E-state index is 12.5. The molecule has 0 saturated heterocycles. The Bertz CT molecular complexity index is 365. The van der Waals surface area contributed by atoms with Crippen molar-refractivity contribution in [1.29, 1.82) is 5.26 Å². The fourth-order valence-electron chi connectivity index (χ4n) is 2.57. The number of nitrogens with zero attached hydrogens (tertiary/aromatic N) is 2. The summed E-state index contributed by atoms with van der Waals surface area (Å²) < 4.78 is 0. The maximum absolute atomic E-state index is 12.5. The Hall–Kier alpha value is -1.57. The molecule has 2 amide bonds. The Morgan fingerprint density at radius 1 is 1.26 bits per heavy atom. The second-order valence-electron chi connectivity index (χ2n) is 5.26.